The van der Waals surface area contributed by atoms with Crippen molar-refractivity contribution in [3.63, 3.8) is 0 Å². The van der Waals surface area contributed by atoms with E-state index < -0.39 is 0 Å². The maximum Gasteiger partial charge on any atom is 0.249 e. The second kappa shape index (κ2) is 6.58. The van der Waals surface area contributed by atoms with Gasteiger partial charge in [-0.1, -0.05) is 23.2 Å². The van der Waals surface area contributed by atoms with E-state index in [4.69, 9.17) is 23.2 Å². The molecule has 1 atom stereocenters. The summed E-state index contributed by atoms with van der Waals surface area (Å²) >= 11 is 11.9. The molecule has 0 spiro atoms. The number of fused-ring (bicyclic) bond motifs is 1. The zero-order chi connectivity index (χ0) is 17.4. The number of amides is 1. The van der Waals surface area contributed by atoms with E-state index in [0.29, 0.717) is 16.0 Å². The maximum absolute atomic E-state index is 12.7. The Hall–Kier alpha value is -2.24. The lowest BCUT2D eigenvalue weighted by Crippen LogP contribution is -2.39. The number of nitrogens with one attached hydrogen (secondary N) is 2. The van der Waals surface area contributed by atoms with Crippen LogP contribution >= 0.6 is 23.2 Å². The third-order valence-electron chi connectivity index (χ3n) is 4.40. The molecule has 4 rings (SSSR count). The van der Waals surface area contributed by atoms with Crippen LogP contribution in [0.15, 0.2) is 42.5 Å². The van der Waals surface area contributed by atoms with Crippen molar-refractivity contribution in [3.05, 3.63) is 52.5 Å². The molecule has 128 valence electrons. The van der Waals surface area contributed by atoms with E-state index in [9.17, 15) is 4.79 Å². The van der Waals surface area contributed by atoms with Gasteiger partial charge in [-0.3, -0.25) is 10.1 Å². The highest BCUT2D eigenvalue weighted by atomic mass is 35.5. The number of H-pyrrole nitrogens is 1. The van der Waals surface area contributed by atoms with Gasteiger partial charge in [0.15, 0.2) is 0 Å². The van der Waals surface area contributed by atoms with Crippen LogP contribution in [0.5, 0.6) is 0 Å². The van der Waals surface area contributed by atoms with Crippen LogP contribution < -0.4 is 10.2 Å². The Morgan fingerprint density at radius 3 is 2.72 bits per heavy atom. The van der Waals surface area contributed by atoms with Gasteiger partial charge in [0.2, 0.25) is 11.9 Å². The molecule has 1 aliphatic heterocycles. The van der Waals surface area contributed by atoms with Crippen molar-refractivity contribution in [1.29, 1.82) is 0 Å². The SMILES string of the molecule is O=C(Nc1nc2ccc(Cl)cc2[nH]1)[C@@H]1CCCN1c1ccc(Cl)cc1. The number of halogens is 2. The first kappa shape index (κ1) is 16.2. The lowest BCUT2D eigenvalue weighted by molar-refractivity contribution is -0.117. The van der Waals surface area contributed by atoms with Crippen LogP contribution in [-0.2, 0) is 4.79 Å². The number of hydrogen-bond acceptors (Lipinski definition) is 3. The molecule has 0 radical (unpaired) electrons. The average Bonchev–Trinajstić information content (AvgIpc) is 3.21. The number of rotatable bonds is 3. The molecule has 1 aromatic heterocycles. The summed E-state index contributed by atoms with van der Waals surface area (Å²) in [6, 6.07) is 12.7. The lowest BCUT2D eigenvalue weighted by Gasteiger charge is -2.25. The van der Waals surface area contributed by atoms with Crippen LogP contribution in [0.25, 0.3) is 11.0 Å². The minimum absolute atomic E-state index is 0.0717. The molecule has 1 aliphatic rings. The van der Waals surface area contributed by atoms with Crippen molar-refractivity contribution in [3.8, 4) is 0 Å². The van der Waals surface area contributed by atoms with Gasteiger partial charge in [0, 0.05) is 22.3 Å². The van der Waals surface area contributed by atoms with E-state index in [1.54, 1.807) is 12.1 Å². The summed E-state index contributed by atoms with van der Waals surface area (Å²) in [5, 5.41) is 4.20. The van der Waals surface area contributed by atoms with Crippen LogP contribution in [0.4, 0.5) is 11.6 Å². The topological polar surface area (TPSA) is 61.0 Å². The fourth-order valence-corrected chi connectivity index (χ4v) is 3.52. The number of anilines is 2. The fraction of sp³-hybridized carbons (Fsp3) is 0.222. The Morgan fingerprint density at radius 1 is 1.16 bits per heavy atom. The summed E-state index contributed by atoms with van der Waals surface area (Å²) in [7, 11) is 0. The largest absolute Gasteiger partial charge is 0.360 e. The summed E-state index contributed by atoms with van der Waals surface area (Å²) < 4.78 is 0. The second-order valence-electron chi connectivity index (χ2n) is 6.06. The summed E-state index contributed by atoms with van der Waals surface area (Å²) in [5.41, 5.74) is 2.56. The number of hydrogen-bond donors (Lipinski definition) is 2. The van der Waals surface area contributed by atoms with Gasteiger partial charge in [0.05, 0.1) is 11.0 Å². The van der Waals surface area contributed by atoms with E-state index >= 15 is 0 Å². The van der Waals surface area contributed by atoms with Crippen molar-refractivity contribution in [1.82, 2.24) is 9.97 Å². The molecule has 0 unspecified atom stereocenters. The van der Waals surface area contributed by atoms with Gasteiger partial charge in [-0.05, 0) is 55.3 Å². The summed E-state index contributed by atoms with van der Waals surface area (Å²) in [6.07, 6.45) is 1.77. The molecule has 25 heavy (non-hydrogen) atoms. The molecule has 2 aromatic carbocycles. The van der Waals surface area contributed by atoms with Crippen molar-refractivity contribution in [2.24, 2.45) is 0 Å². The van der Waals surface area contributed by atoms with Crippen LogP contribution in [0.3, 0.4) is 0 Å². The smallest absolute Gasteiger partial charge is 0.249 e. The summed E-state index contributed by atoms with van der Waals surface area (Å²) in [4.78, 5) is 22.3. The lowest BCUT2D eigenvalue weighted by atomic mass is 10.2. The molecule has 0 aliphatic carbocycles. The number of benzene rings is 2. The monoisotopic (exact) mass is 374 g/mol. The fourth-order valence-electron chi connectivity index (χ4n) is 3.22. The molecular formula is C18H16Cl2N4O. The van der Waals surface area contributed by atoms with Gasteiger partial charge in [-0.2, -0.15) is 0 Å². The third kappa shape index (κ3) is 3.30. The Labute approximate surface area is 154 Å². The quantitative estimate of drug-likeness (QED) is 0.710. The molecule has 1 fully saturated rings. The van der Waals surface area contributed by atoms with E-state index in [0.717, 1.165) is 36.1 Å². The van der Waals surface area contributed by atoms with Crippen molar-refractivity contribution in [2.75, 3.05) is 16.8 Å². The molecule has 2 N–H and O–H groups in total. The van der Waals surface area contributed by atoms with Gasteiger partial charge >= 0.3 is 0 Å². The zero-order valence-corrected chi connectivity index (χ0v) is 14.8. The van der Waals surface area contributed by atoms with Gasteiger partial charge < -0.3 is 9.88 Å². The highest BCUT2D eigenvalue weighted by Gasteiger charge is 2.31. The van der Waals surface area contributed by atoms with E-state index in [1.165, 1.54) is 0 Å². The average molecular weight is 375 g/mol. The normalized spacial score (nSPS) is 17.2. The number of nitrogens with zero attached hydrogens (tertiary/aromatic N) is 2. The van der Waals surface area contributed by atoms with Crippen LogP contribution in [0, 0.1) is 0 Å². The molecular weight excluding hydrogens is 359 g/mol. The molecule has 0 bridgehead atoms. The highest BCUT2D eigenvalue weighted by molar-refractivity contribution is 6.31. The molecule has 3 aromatic rings. The van der Waals surface area contributed by atoms with Gasteiger partial charge in [-0.15, -0.1) is 0 Å². The minimum Gasteiger partial charge on any atom is -0.360 e. The van der Waals surface area contributed by atoms with Crippen molar-refractivity contribution < 1.29 is 4.79 Å². The van der Waals surface area contributed by atoms with Crippen LogP contribution in [0.2, 0.25) is 10.0 Å². The predicted octanol–water partition coefficient (Wildman–Crippen LogP) is 4.48. The standard InChI is InChI=1S/C18H16Cl2N4O/c19-11-3-6-13(7-4-11)24-9-1-2-16(24)17(25)23-18-21-14-8-5-12(20)10-15(14)22-18/h3-8,10,16H,1-2,9H2,(H2,21,22,23,25)/t16-/m0/s1. The van der Waals surface area contributed by atoms with Crippen LogP contribution in [0.1, 0.15) is 12.8 Å². The molecule has 7 heteroatoms. The first-order chi connectivity index (χ1) is 12.1. The number of aromatic amines is 1. The number of carbonyl (C=O) groups is 1. The van der Waals surface area contributed by atoms with Gasteiger partial charge in [0.1, 0.15) is 6.04 Å². The summed E-state index contributed by atoms with van der Waals surface area (Å²) in [6.45, 7) is 0.843. The zero-order valence-electron chi connectivity index (χ0n) is 13.3. The van der Waals surface area contributed by atoms with Gasteiger partial charge in [0.25, 0.3) is 0 Å². The predicted molar refractivity (Wildman–Crippen MR) is 102 cm³/mol. The second-order valence-corrected chi connectivity index (χ2v) is 6.94. The molecule has 2 heterocycles. The van der Waals surface area contributed by atoms with E-state index in [1.807, 2.05) is 30.3 Å². The Balaban J connectivity index is 1.53. The molecule has 5 nitrogen and oxygen atoms in total. The van der Waals surface area contributed by atoms with Crippen molar-refractivity contribution >= 4 is 51.8 Å². The van der Waals surface area contributed by atoms with Crippen LogP contribution in [-0.4, -0.2) is 28.5 Å². The number of imidazole rings is 1. The highest BCUT2D eigenvalue weighted by Crippen LogP contribution is 2.27. The molecule has 1 amide bonds. The number of aromatic nitrogens is 2. The maximum atomic E-state index is 12.7. The Bertz CT molecular complexity index is 922. The third-order valence-corrected chi connectivity index (χ3v) is 4.89. The Kier molecular flexibility index (Phi) is 4.27. The molecule has 0 saturated carbocycles. The first-order valence-corrected chi connectivity index (χ1v) is 8.84. The van der Waals surface area contributed by atoms with E-state index in [2.05, 4.69) is 20.2 Å². The molecule has 1 saturated heterocycles. The van der Waals surface area contributed by atoms with Gasteiger partial charge in [-0.25, -0.2) is 4.98 Å². The van der Waals surface area contributed by atoms with E-state index in [-0.39, 0.29) is 11.9 Å². The first-order valence-electron chi connectivity index (χ1n) is 8.08. The van der Waals surface area contributed by atoms with Crippen molar-refractivity contribution in [2.45, 2.75) is 18.9 Å². The summed E-state index contributed by atoms with van der Waals surface area (Å²) in [5.74, 6) is 0.364. The number of carbonyl (C=O) groups excluding carboxylic acids is 1. The Morgan fingerprint density at radius 2 is 1.92 bits per heavy atom. The minimum atomic E-state index is -0.224.